The minimum atomic E-state index is -0.525. The van der Waals surface area contributed by atoms with Crippen LogP contribution in [0.3, 0.4) is 0 Å². The van der Waals surface area contributed by atoms with E-state index < -0.39 is 6.10 Å². The van der Waals surface area contributed by atoms with Crippen LogP contribution >= 0.6 is 0 Å². The van der Waals surface area contributed by atoms with Gasteiger partial charge in [0.15, 0.2) is 0 Å². The summed E-state index contributed by atoms with van der Waals surface area (Å²) in [7, 11) is 0. The first-order chi connectivity index (χ1) is 11.3. The lowest BCUT2D eigenvalue weighted by molar-refractivity contribution is 0.0335. The molecule has 2 aromatic rings. The molecule has 2 atom stereocenters. The molecule has 2 heterocycles. The molecule has 0 aliphatic carbocycles. The van der Waals surface area contributed by atoms with E-state index in [-0.39, 0.29) is 13.2 Å². The minimum absolute atomic E-state index is 0.212. The van der Waals surface area contributed by atoms with Gasteiger partial charge < -0.3 is 19.9 Å². The Kier molecular flexibility index (Phi) is 5.54. The van der Waals surface area contributed by atoms with Crippen molar-refractivity contribution in [3.05, 3.63) is 30.5 Å². The van der Waals surface area contributed by atoms with E-state index in [1.54, 1.807) is 0 Å². The van der Waals surface area contributed by atoms with E-state index in [0.717, 1.165) is 42.5 Å². The smallest absolute Gasteiger partial charge is 0.128 e. The molecule has 1 fully saturated rings. The molecule has 0 bridgehead atoms. The van der Waals surface area contributed by atoms with E-state index >= 15 is 0 Å². The van der Waals surface area contributed by atoms with Crippen LogP contribution in [0, 0.1) is 0 Å². The zero-order valence-electron chi connectivity index (χ0n) is 13.4. The van der Waals surface area contributed by atoms with Gasteiger partial charge in [-0.1, -0.05) is 12.5 Å². The molecular weight excluding hydrogens is 292 g/mol. The molecule has 1 aromatic heterocycles. The molecule has 3 N–H and O–H groups in total. The van der Waals surface area contributed by atoms with Gasteiger partial charge in [-0.25, -0.2) is 0 Å². The molecule has 5 heteroatoms. The third-order valence-corrected chi connectivity index (χ3v) is 4.64. The summed E-state index contributed by atoms with van der Waals surface area (Å²) in [5.41, 5.74) is 1.04. The van der Waals surface area contributed by atoms with Gasteiger partial charge in [-0.2, -0.15) is 0 Å². The van der Waals surface area contributed by atoms with Crippen LogP contribution in [0.5, 0.6) is 5.75 Å². The molecule has 1 aromatic carbocycles. The maximum absolute atomic E-state index is 10.3. The van der Waals surface area contributed by atoms with Crippen LogP contribution in [0.4, 0.5) is 0 Å². The standard InChI is InChI=1S/C18H26N2O3/c21-11-8-14-4-1-2-10-20(14)12-15(22)13-23-18-6-3-5-17-16(18)7-9-19-17/h3,5-7,9,14-15,19,21-22H,1-2,4,8,10-13H2. The number of nitrogens with one attached hydrogen (secondary N) is 1. The molecule has 1 aliphatic heterocycles. The molecule has 5 nitrogen and oxygen atoms in total. The van der Waals surface area contributed by atoms with Gasteiger partial charge in [0.25, 0.3) is 0 Å². The van der Waals surface area contributed by atoms with Crippen LogP contribution in [0.15, 0.2) is 30.5 Å². The Hall–Kier alpha value is -1.56. The summed E-state index contributed by atoms with van der Waals surface area (Å²) in [4.78, 5) is 5.45. The topological polar surface area (TPSA) is 68.7 Å². The normalized spacial score (nSPS) is 20.7. The van der Waals surface area contributed by atoms with Crippen molar-refractivity contribution in [2.45, 2.75) is 37.8 Å². The number of H-pyrrole nitrogens is 1. The summed E-state index contributed by atoms with van der Waals surface area (Å²) < 4.78 is 5.83. The quantitative estimate of drug-likeness (QED) is 0.732. The van der Waals surface area contributed by atoms with Gasteiger partial charge in [0.2, 0.25) is 0 Å². The number of benzene rings is 1. The maximum Gasteiger partial charge on any atom is 0.128 e. The van der Waals surface area contributed by atoms with Crippen LogP contribution in [0.2, 0.25) is 0 Å². The van der Waals surface area contributed by atoms with E-state index in [1.165, 1.54) is 6.42 Å². The number of hydrogen-bond donors (Lipinski definition) is 3. The lowest BCUT2D eigenvalue weighted by atomic mass is 9.99. The average Bonchev–Trinajstić information content (AvgIpc) is 3.04. The van der Waals surface area contributed by atoms with E-state index in [4.69, 9.17) is 4.74 Å². The SMILES string of the molecule is OCCC1CCCCN1CC(O)COc1cccc2[nH]ccc12. The number of hydrogen-bond acceptors (Lipinski definition) is 4. The first-order valence-corrected chi connectivity index (χ1v) is 8.50. The Morgan fingerprint density at radius 3 is 3.09 bits per heavy atom. The van der Waals surface area contributed by atoms with Crippen molar-refractivity contribution < 1.29 is 14.9 Å². The predicted octanol–water partition coefficient (Wildman–Crippen LogP) is 2.14. The molecule has 2 unspecified atom stereocenters. The van der Waals surface area contributed by atoms with E-state index in [0.29, 0.717) is 12.6 Å². The molecule has 1 saturated heterocycles. The van der Waals surface area contributed by atoms with Gasteiger partial charge in [0.1, 0.15) is 18.5 Å². The minimum Gasteiger partial charge on any atom is -0.490 e. The fourth-order valence-corrected chi connectivity index (χ4v) is 3.47. The van der Waals surface area contributed by atoms with Crippen LogP contribution in [-0.4, -0.2) is 58.5 Å². The number of aliphatic hydroxyl groups excluding tert-OH is 2. The summed E-state index contributed by atoms with van der Waals surface area (Å²) in [5.74, 6) is 0.799. The molecule has 3 rings (SSSR count). The predicted molar refractivity (Wildman–Crippen MR) is 90.7 cm³/mol. The van der Waals surface area contributed by atoms with Gasteiger partial charge in [0.05, 0.1) is 0 Å². The number of likely N-dealkylation sites (tertiary alicyclic amines) is 1. The summed E-state index contributed by atoms with van der Waals surface area (Å²) in [6.07, 6.45) is 5.64. The number of rotatable bonds is 7. The van der Waals surface area contributed by atoms with Crippen molar-refractivity contribution in [2.75, 3.05) is 26.3 Å². The highest BCUT2D eigenvalue weighted by Crippen LogP contribution is 2.25. The molecule has 1 aliphatic rings. The number of aliphatic hydroxyl groups is 2. The molecular formula is C18H26N2O3. The Balaban J connectivity index is 1.54. The maximum atomic E-state index is 10.3. The van der Waals surface area contributed by atoms with Gasteiger partial charge >= 0.3 is 0 Å². The fourth-order valence-electron chi connectivity index (χ4n) is 3.47. The van der Waals surface area contributed by atoms with E-state index in [1.807, 2.05) is 30.5 Å². The van der Waals surface area contributed by atoms with Crippen molar-refractivity contribution in [1.82, 2.24) is 9.88 Å². The van der Waals surface area contributed by atoms with Crippen LogP contribution in [0.25, 0.3) is 10.9 Å². The van der Waals surface area contributed by atoms with E-state index in [2.05, 4.69) is 9.88 Å². The van der Waals surface area contributed by atoms with Crippen LogP contribution in [-0.2, 0) is 0 Å². The molecule has 0 spiro atoms. The summed E-state index contributed by atoms with van der Waals surface area (Å²) in [6, 6.07) is 8.25. The third-order valence-electron chi connectivity index (χ3n) is 4.64. The Labute approximate surface area is 136 Å². The number of β-amino-alcohol motifs (C(OH)–C–C–N with tert-alkyl or cyclic N) is 1. The third kappa shape index (κ3) is 4.05. The first kappa shape index (κ1) is 16.3. The van der Waals surface area contributed by atoms with Gasteiger partial charge in [-0.05, 0) is 44.0 Å². The molecule has 0 saturated carbocycles. The number of aromatic amines is 1. The van der Waals surface area contributed by atoms with Crippen LogP contribution < -0.4 is 4.74 Å². The highest BCUT2D eigenvalue weighted by molar-refractivity contribution is 5.85. The van der Waals surface area contributed by atoms with Crippen molar-refractivity contribution in [1.29, 1.82) is 0 Å². The summed E-state index contributed by atoms with van der Waals surface area (Å²) >= 11 is 0. The fraction of sp³-hybridized carbons (Fsp3) is 0.556. The lowest BCUT2D eigenvalue weighted by Gasteiger charge is -2.36. The number of ether oxygens (including phenoxy) is 1. The highest BCUT2D eigenvalue weighted by atomic mass is 16.5. The number of aromatic nitrogens is 1. The van der Waals surface area contributed by atoms with Crippen molar-refractivity contribution >= 4 is 10.9 Å². The van der Waals surface area contributed by atoms with Crippen LogP contribution in [0.1, 0.15) is 25.7 Å². The molecule has 126 valence electrons. The zero-order valence-corrected chi connectivity index (χ0v) is 13.4. The van der Waals surface area contributed by atoms with Crippen molar-refractivity contribution in [3.8, 4) is 5.75 Å². The number of nitrogens with zero attached hydrogens (tertiary/aromatic N) is 1. The van der Waals surface area contributed by atoms with Crippen molar-refractivity contribution in [3.63, 3.8) is 0 Å². The monoisotopic (exact) mass is 318 g/mol. The molecule has 0 amide bonds. The second-order valence-electron chi connectivity index (χ2n) is 6.32. The Bertz CT molecular complexity index is 611. The van der Waals surface area contributed by atoms with Crippen molar-refractivity contribution in [2.24, 2.45) is 0 Å². The molecule has 0 radical (unpaired) electrons. The largest absolute Gasteiger partial charge is 0.490 e. The van der Waals surface area contributed by atoms with E-state index in [9.17, 15) is 10.2 Å². The second kappa shape index (κ2) is 7.81. The number of fused-ring (bicyclic) bond motifs is 1. The summed E-state index contributed by atoms with van der Waals surface area (Å²) in [6.45, 7) is 2.10. The lowest BCUT2D eigenvalue weighted by Crippen LogP contribution is -2.45. The highest BCUT2D eigenvalue weighted by Gasteiger charge is 2.24. The summed E-state index contributed by atoms with van der Waals surface area (Å²) in [5, 5.41) is 20.6. The number of piperidine rings is 1. The Morgan fingerprint density at radius 2 is 2.22 bits per heavy atom. The zero-order chi connectivity index (χ0) is 16.1. The molecule has 23 heavy (non-hydrogen) atoms. The van der Waals surface area contributed by atoms with Gasteiger partial charge in [0, 0.05) is 36.3 Å². The van der Waals surface area contributed by atoms with Gasteiger partial charge in [-0.15, -0.1) is 0 Å². The Morgan fingerprint density at radius 1 is 1.30 bits per heavy atom. The first-order valence-electron chi connectivity index (χ1n) is 8.50. The second-order valence-corrected chi connectivity index (χ2v) is 6.32. The van der Waals surface area contributed by atoms with Gasteiger partial charge in [-0.3, -0.25) is 4.90 Å². The average molecular weight is 318 g/mol.